The highest BCUT2D eigenvalue weighted by Gasteiger charge is 2.15. The molecule has 29 heavy (non-hydrogen) atoms. The molecule has 1 aliphatic heterocycles. The van der Waals surface area contributed by atoms with Crippen molar-refractivity contribution in [3.63, 3.8) is 0 Å². The smallest absolute Gasteiger partial charge is 0.303 e. The van der Waals surface area contributed by atoms with Gasteiger partial charge < -0.3 is 14.6 Å². The molecular weight excluding hydrogens is 388 g/mol. The number of aliphatic carboxylic acids is 1. The SMILES string of the molecule is Cc1c(CCC(=O)O)ccc(OCC2=C(c3ccc(Cl)cc3)CCOCC2)c1C. The van der Waals surface area contributed by atoms with Crippen molar-refractivity contribution in [3.05, 3.63) is 69.2 Å². The fourth-order valence-corrected chi connectivity index (χ4v) is 3.77. The number of hydrogen-bond acceptors (Lipinski definition) is 3. The normalized spacial score (nSPS) is 14.6. The lowest BCUT2D eigenvalue weighted by Crippen LogP contribution is -2.07. The predicted octanol–water partition coefficient (Wildman–Crippen LogP) is 5.62. The van der Waals surface area contributed by atoms with Gasteiger partial charge in [0, 0.05) is 11.4 Å². The molecule has 2 aromatic rings. The van der Waals surface area contributed by atoms with Crippen LogP contribution < -0.4 is 4.74 Å². The van der Waals surface area contributed by atoms with Crippen LogP contribution in [0.15, 0.2) is 42.0 Å². The molecule has 0 bridgehead atoms. The molecule has 2 aromatic carbocycles. The number of hydrogen-bond donors (Lipinski definition) is 1. The monoisotopic (exact) mass is 414 g/mol. The van der Waals surface area contributed by atoms with Gasteiger partial charge in [0.25, 0.3) is 0 Å². The molecule has 0 aliphatic carbocycles. The fraction of sp³-hybridized carbons (Fsp3) is 0.375. The average Bonchev–Trinajstić information content (AvgIpc) is 2.94. The van der Waals surface area contributed by atoms with E-state index >= 15 is 0 Å². The molecule has 1 heterocycles. The van der Waals surface area contributed by atoms with E-state index in [9.17, 15) is 4.79 Å². The average molecular weight is 415 g/mol. The topological polar surface area (TPSA) is 55.8 Å². The number of rotatable bonds is 7. The van der Waals surface area contributed by atoms with Gasteiger partial charge in [0.05, 0.1) is 13.2 Å². The maximum absolute atomic E-state index is 10.9. The second-order valence-electron chi connectivity index (χ2n) is 7.36. The molecule has 3 rings (SSSR count). The number of benzene rings is 2. The molecule has 0 saturated carbocycles. The van der Waals surface area contributed by atoms with Crippen molar-refractivity contribution in [2.24, 2.45) is 0 Å². The Hall–Kier alpha value is -2.30. The molecule has 5 heteroatoms. The zero-order valence-electron chi connectivity index (χ0n) is 17.0. The summed E-state index contributed by atoms with van der Waals surface area (Å²) < 4.78 is 11.9. The second kappa shape index (κ2) is 9.95. The van der Waals surface area contributed by atoms with Gasteiger partial charge in [0.15, 0.2) is 0 Å². The van der Waals surface area contributed by atoms with Crippen molar-refractivity contribution in [2.75, 3.05) is 19.8 Å². The van der Waals surface area contributed by atoms with E-state index in [-0.39, 0.29) is 6.42 Å². The van der Waals surface area contributed by atoms with Crippen LogP contribution in [0.1, 0.15) is 41.5 Å². The first kappa shape index (κ1) is 21.4. The summed E-state index contributed by atoms with van der Waals surface area (Å²) in [5, 5.41) is 9.66. The third-order valence-electron chi connectivity index (χ3n) is 5.52. The van der Waals surface area contributed by atoms with Crippen LogP contribution >= 0.6 is 11.6 Å². The number of halogens is 1. The largest absolute Gasteiger partial charge is 0.489 e. The Bertz CT molecular complexity index is 900. The van der Waals surface area contributed by atoms with Crippen LogP contribution in [0, 0.1) is 13.8 Å². The highest BCUT2D eigenvalue weighted by Crippen LogP contribution is 2.30. The fourth-order valence-electron chi connectivity index (χ4n) is 3.64. The second-order valence-corrected chi connectivity index (χ2v) is 7.79. The molecule has 0 spiro atoms. The lowest BCUT2D eigenvalue weighted by Gasteiger charge is -2.17. The van der Waals surface area contributed by atoms with Crippen molar-refractivity contribution in [1.29, 1.82) is 0 Å². The van der Waals surface area contributed by atoms with Gasteiger partial charge in [0.2, 0.25) is 0 Å². The number of carboxylic acid groups (broad SMARTS) is 1. The number of carbonyl (C=O) groups is 1. The Labute approximate surface area is 177 Å². The summed E-state index contributed by atoms with van der Waals surface area (Å²) in [5.41, 5.74) is 6.89. The third kappa shape index (κ3) is 5.62. The minimum Gasteiger partial charge on any atom is -0.489 e. The van der Waals surface area contributed by atoms with Gasteiger partial charge in [-0.2, -0.15) is 0 Å². The summed E-state index contributed by atoms with van der Waals surface area (Å²) in [6.07, 6.45) is 2.36. The summed E-state index contributed by atoms with van der Waals surface area (Å²) >= 11 is 6.05. The number of ether oxygens (including phenoxy) is 2. The highest BCUT2D eigenvalue weighted by atomic mass is 35.5. The molecule has 1 aliphatic rings. The van der Waals surface area contributed by atoms with E-state index in [0.717, 1.165) is 45.9 Å². The van der Waals surface area contributed by atoms with Crippen LogP contribution in [0.2, 0.25) is 5.02 Å². The standard InChI is InChI=1S/C24H27ClO4/c1-16-17(2)23(9-5-18(16)6-10-24(26)27)29-15-20-11-13-28-14-12-22(20)19-3-7-21(25)8-4-19/h3-5,7-9H,6,10-15H2,1-2H3,(H,26,27). The summed E-state index contributed by atoms with van der Waals surface area (Å²) in [6.45, 7) is 5.97. The molecule has 1 N–H and O–H groups in total. The van der Waals surface area contributed by atoms with Gasteiger partial charge in [0.1, 0.15) is 12.4 Å². The van der Waals surface area contributed by atoms with Gasteiger partial charge in [-0.1, -0.05) is 29.8 Å². The van der Waals surface area contributed by atoms with E-state index in [4.69, 9.17) is 26.2 Å². The number of aryl methyl sites for hydroxylation is 1. The van der Waals surface area contributed by atoms with Gasteiger partial charge in [-0.05, 0) is 84.7 Å². The van der Waals surface area contributed by atoms with E-state index in [1.807, 2.05) is 38.1 Å². The van der Waals surface area contributed by atoms with Gasteiger partial charge in [-0.3, -0.25) is 4.79 Å². The summed E-state index contributed by atoms with van der Waals surface area (Å²) in [4.78, 5) is 10.9. The highest BCUT2D eigenvalue weighted by molar-refractivity contribution is 6.30. The summed E-state index contributed by atoms with van der Waals surface area (Å²) in [5.74, 6) is 0.0642. The Morgan fingerprint density at radius 2 is 1.79 bits per heavy atom. The first-order chi connectivity index (χ1) is 14.0. The van der Waals surface area contributed by atoms with E-state index < -0.39 is 5.97 Å². The first-order valence-corrected chi connectivity index (χ1v) is 10.3. The Balaban J connectivity index is 1.79. The van der Waals surface area contributed by atoms with Crippen LogP contribution in [0.4, 0.5) is 0 Å². The van der Waals surface area contributed by atoms with Crippen molar-refractivity contribution < 1.29 is 19.4 Å². The van der Waals surface area contributed by atoms with Crippen molar-refractivity contribution in [3.8, 4) is 5.75 Å². The van der Waals surface area contributed by atoms with Crippen LogP contribution in [0.25, 0.3) is 5.57 Å². The molecule has 0 aromatic heterocycles. The maximum Gasteiger partial charge on any atom is 0.303 e. The predicted molar refractivity (Wildman–Crippen MR) is 116 cm³/mol. The summed E-state index contributed by atoms with van der Waals surface area (Å²) in [7, 11) is 0. The van der Waals surface area contributed by atoms with E-state index in [2.05, 4.69) is 12.1 Å². The third-order valence-corrected chi connectivity index (χ3v) is 5.78. The molecule has 0 fully saturated rings. The van der Waals surface area contributed by atoms with Crippen LogP contribution in [-0.4, -0.2) is 30.9 Å². The van der Waals surface area contributed by atoms with E-state index in [1.165, 1.54) is 11.1 Å². The lowest BCUT2D eigenvalue weighted by atomic mass is 9.96. The van der Waals surface area contributed by atoms with E-state index in [0.29, 0.717) is 26.2 Å². The lowest BCUT2D eigenvalue weighted by molar-refractivity contribution is -0.136. The minimum absolute atomic E-state index is 0.137. The maximum atomic E-state index is 10.9. The molecule has 0 unspecified atom stereocenters. The van der Waals surface area contributed by atoms with Crippen molar-refractivity contribution in [2.45, 2.75) is 39.5 Å². The van der Waals surface area contributed by atoms with E-state index in [1.54, 1.807) is 0 Å². The Morgan fingerprint density at radius 1 is 1.07 bits per heavy atom. The van der Waals surface area contributed by atoms with Gasteiger partial charge >= 0.3 is 5.97 Å². The van der Waals surface area contributed by atoms with Crippen LogP contribution in [0.3, 0.4) is 0 Å². The molecule has 0 radical (unpaired) electrons. The van der Waals surface area contributed by atoms with Crippen LogP contribution in [-0.2, 0) is 16.0 Å². The number of carboxylic acids is 1. The Kier molecular flexibility index (Phi) is 7.34. The molecule has 154 valence electrons. The van der Waals surface area contributed by atoms with Crippen molar-refractivity contribution in [1.82, 2.24) is 0 Å². The zero-order valence-corrected chi connectivity index (χ0v) is 17.7. The van der Waals surface area contributed by atoms with Crippen LogP contribution in [0.5, 0.6) is 5.75 Å². The molecule has 0 amide bonds. The molecule has 4 nitrogen and oxygen atoms in total. The zero-order chi connectivity index (χ0) is 20.8. The van der Waals surface area contributed by atoms with Crippen molar-refractivity contribution >= 4 is 23.1 Å². The van der Waals surface area contributed by atoms with Gasteiger partial charge in [-0.15, -0.1) is 0 Å². The first-order valence-electron chi connectivity index (χ1n) is 9.94. The Morgan fingerprint density at radius 3 is 2.52 bits per heavy atom. The quantitative estimate of drug-likeness (QED) is 0.639. The molecule has 0 atom stereocenters. The summed E-state index contributed by atoms with van der Waals surface area (Å²) in [6, 6.07) is 11.9. The van der Waals surface area contributed by atoms with Gasteiger partial charge in [-0.25, -0.2) is 0 Å². The minimum atomic E-state index is -0.778. The molecular formula is C24H27ClO4. The molecule has 0 saturated heterocycles.